The molecule has 3 aliphatic heterocycles. The number of carbonyl (C=O) groups is 1. The number of hydrogen-bond donors (Lipinski definition) is 8. The quantitative estimate of drug-likeness (QED) is 0.126. The normalized spacial score (nSPS) is 56.0. The van der Waals surface area contributed by atoms with E-state index in [1.165, 1.54) is 0 Å². The second-order valence-corrected chi connectivity index (χ2v) is 16.5. The van der Waals surface area contributed by atoms with Gasteiger partial charge in [-0.05, 0) is 93.0 Å². The number of carbonyl (C=O) groups excluding carboxylic acids is 1. The summed E-state index contributed by atoms with van der Waals surface area (Å²) in [5, 5.41) is 86.6. The van der Waals surface area contributed by atoms with Crippen LogP contribution in [-0.4, -0.2) is 139 Å². The number of cyclic esters (lactones) is 1. The van der Waals surface area contributed by atoms with Crippen LogP contribution in [0.15, 0.2) is 11.6 Å². The number of esters is 1. The topological polar surface area (TPSA) is 225 Å². The van der Waals surface area contributed by atoms with Crippen molar-refractivity contribution in [1.29, 1.82) is 0 Å². The van der Waals surface area contributed by atoms with E-state index >= 15 is 0 Å². The van der Waals surface area contributed by atoms with E-state index in [2.05, 4.69) is 13.8 Å². The summed E-state index contributed by atoms with van der Waals surface area (Å²) in [6, 6.07) is 0. The summed E-state index contributed by atoms with van der Waals surface area (Å²) in [5.41, 5.74) is -0.847. The van der Waals surface area contributed by atoms with Crippen LogP contribution in [-0.2, 0) is 28.5 Å². The molecule has 0 radical (unpaired) electrons. The lowest BCUT2D eigenvalue weighted by Crippen LogP contribution is -2.66. The molecular weight excluding hydrogens is 644 g/mol. The van der Waals surface area contributed by atoms with E-state index in [0.29, 0.717) is 25.7 Å². The van der Waals surface area contributed by atoms with E-state index in [9.17, 15) is 45.6 Å². The van der Waals surface area contributed by atoms with Crippen LogP contribution < -0.4 is 0 Å². The molecule has 0 aromatic rings. The van der Waals surface area contributed by atoms with E-state index in [4.69, 9.17) is 23.7 Å². The van der Waals surface area contributed by atoms with E-state index < -0.39 is 85.1 Å². The molecule has 7 rings (SSSR count). The van der Waals surface area contributed by atoms with Gasteiger partial charge < -0.3 is 64.5 Å². The summed E-state index contributed by atoms with van der Waals surface area (Å²) >= 11 is 0. The van der Waals surface area contributed by atoms with Crippen molar-refractivity contribution in [2.24, 2.45) is 34.5 Å². The summed E-state index contributed by atoms with van der Waals surface area (Å²) in [6.07, 6.45) is -7.62. The standard InChI is InChI=1S/C35H54O14/c1-15-30(49-32-28(42)26(40)25(39)22(13-36)48-32)27(41)29(43)31(46-15)47-18-6-8-33(2)17(11-18)4-5-20-24(33)21(37)12-34(3)19(7-9-35(20,34)44)16-10-23(38)45-14-16/h10,15,17-22,24-32,36-37,39-44H,4-9,11-14H2,1-3H3/t15-,17+,18+,19-,20+,21+,22+,24+,25-,26+,27-,28+,29+,30-,31+,32-,33-,34+,35-/m0/s1. The Balaban J connectivity index is 0.995. The van der Waals surface area contributed by atoms with Gasteiger partial charge in [0.1, 0.15) is 49.3 Å². The summed E-state index contributed by atoms with van der Waals surface area (Å²) in [4.78, 5) is 11.9. The predicted molar refractivity (Wildman–Crippen MR) is 167 cm³/mol. The first-order valence-electron chi connectivity index (χ1n) is 18.0. The lowest BCUT2D eigenvalue weighted by atomic mass is 9.42. The zero-order valence-corrected chi connectivity index (χ0v) is 28.4. The van der Waals surface area contributed by atoms with E-state index in [1.807, 2.05) is 0 Å². The van der Waals surface area contributed by atoms with Gasteiger partial charge >= 0.3 is 5.97 Å². The van der Waals surface area contributed by atoms with Crippen LogP contribution in [0.1, 0.15) is 72.1 Å². The smallest absolute Gasteiger partial charge is 0.331 e. The summed E-state index contributed by atoms with van der Waals surface area (Å²) in [7, 11) is 0. The molecule has 0 aromatic heterocycles. The first-order valence-corrected chi connectivity index (χ1v) is 18.0. The minimum Gasteiger partial charge on any atom is -0.458 e. The molecule has 6 fully saturated rings. The summed E-state index contributed by atoms with van der Waals surface area (Å²) < 4.78 is 28.7. The Kier molecular flexibility index (Phi) is 9.57. The lowest BCUT2D eigenvalue weighted by Gasteiger charge is -2.65. The molecule has 278 valence electrons. The number of ether oxygens (including phenoxy) is 5. The van der Waals surface area contributed by atoms with Crippen molar-refractivity contribution >= 4 is 5.97 Å². The Morgan fingerprint density at radius 2 is 1.59 bits per heavy atom. The maximum atomic E-state index is 12.5. The van der Waals surface area contributed by atoms with Crippen LogP contribution in [0.2, 0.25) is 0 Å². The number of aliphatic hydroxyl groups excluding tert-OH is 7. The molecule has 8 N–H and O–H groups in total. The van der Waals surface area contributed by atoms with Crippen LogP contribution in [0.25, 0.3) is 0 Å². The van der Waals surface area contributed by atoms with Crippen LogP contribution >= 0.6 is 0 Å². The summed E-state index contributed by atoms with van der Waals surface area (Å²) in [6.45, 7) is 5.54. The molecule has 0 bridgehead atoms. The zero-order chi connectivity index (χ0) is 35.2. The van der Waals surface area contributed by atoms with E-state index in [-0.39, 0.29) is 47.8 Å². The predicted octanol–water partition coefficient (Wildman–Crippen LogP) is -0.749. The maximum Gasteiger partial charge on any atom is 0.331 e. The van der Waals surface area contributed by atoms with Gasteiger partial charge in [-0.1, -0.05) is 13.8 Å². The van der Waals surface area contributed by atoms with Gasteiger partial charge in [0.15, 0.2) is 12.6 Å². The molecule has 4 saturated carbocycles. The Bertz CT molecular complexity index is 1280. The summed E-state index contributed by atoms with van der Waals surface area (Å²) in [5.74, 6) is -0.342. The van der Waals surface area contributed by atoms with Gasteiger partial charge in [-0.3, -0.25) is 0 Å². The van der Waals surface area contributed by atoms with E-state index in [1.54, 1.807) is 13.0 Å². The number of hydrogen-bond acceptors (Lipinski definition) is 14. The molecule has 0 aromatic carbocycles. The molecule has 2 saturated heterocycles. The molecular formula is C35H54O14. The van der Waals surface area contributed by atoms with Crippen molar-refractivity contribution in [2.45, 2.75) is 151 Å². The highest BCUT2D eigenvalue weighted by Gasteiger charge is 2.70. The second kappa shape index (κ2) is 13.0. The Morgan fingerprint density at radius 3 is 2.29 bits per heavy atom. The third kappa shape index (κ3) is 5.64. The lowest BCUT2D eigenvalue weighted by molar-refractivity contribution is -0.360. The molecule has 4 aliphatic carbocycles. The van der Waals surface area contributed by atoms with Gasteiger partial charge in [-0.2, -0.15) is 0 Å². The fourth-order valence-corrected chi connectivity index (χ4v) is 11.4. The number of fused-ring (bicyclic) bond motifs is 5. The average molecular weight is 699 g/mol. The van der Waals surface area contributed by atoms with Crippen molar-refractivity contribution in [2.75, 3.05) is 13.2 Å². The van der Waals surface area contributed by atoms with Crippen molar-refractivity contribution < 1.29 is 69.3 Å². The highest BCUT2D eigenvalue weighted by molar-refractivity contribution is 5.85. The highest BCUT2D eigenvalue weighted by Crippen LogP contribution is 2.70. The minimum atomic E-state index is -1.67. The monoisotopic (exact) mass is 698 g/mol. The minimum absolute atomic E-state index is 0.0175. The molecule has 49 heavy (non-hydrogen) atoms. The molecule has 19 atom stereocenters. The van der Waals surface area contributed by atoms with E-state index in [0.717, 1.165) is 31.3 Å². The number of aliphatic hydroxyl groups is 8. The van der Waals surface area contributed by atoms with Gasteiger partial charge in [0, 0.05) is 11.5 Å². The molecule has 0 spiro atoms. The fourth-order valence-electron chi connectivity index (χ4n) is 11.4. The third-order valence-electron chi connectivity index (χ3n) is 14.1. The molecule has 14 heteroatoms. The first kappa shape index (κ1) is 36.1. The molecule has 14 nitrogen and oxygen atoms in total. The highest BCUT2D eigenvalue weighted by atomic mass is 16.7. The third-order valence-corrected chi connectivity index (χ3v) is 14.1. The molecule has 3 heterocycles. The fraction of sp³-hybridized carbons (Fsp3) is 0.914. The Hall–Kier alpha value is -1.27. The molecule has 0 amide bonds. The van der Waals surface area contributed by atoms with Gasteiger partial charge in [-0.25, -0.2) is 4.79 Å². The Morgan fingerprint density at radius 1 is 0.878 bits per heavy atom. The van der Waals surface area contributed by atoms with Crippen molar-refractivity contribution in [1.82, 2.24) is 0 Å². The molecule has 0 unspecified atom stereocenters. The van der Waals surface area contributed by atoms with Crippen molar-refractivity contribution in [3.05, 3.63) is 11.6 Å². The first-order chi connectivity index (χ1) is 23.1. The van der Waals surface area contributed by atoms with Crippen LogP contribution in [0, 0.1) is 34.5 Å². The largest absolute Gasteiger partial charge is 0.458 e. The van der Waals surface area contributed by atoms with Crippen molar-refractivity contribution in [3.8, 4) is 0 Å². The SMILES string of the molecule is C[C@@H]1O[C@H](O[C@@H]2CC[C@@]3(C)[C@H](CC[C@@H]4[C@@H]3[C@H](O)C[C@]3(C)[C@H](C5=CC(=O)OC5)CC[C@]43O)C2)[C@H](O)[C@H](O)[C@H]1O[C@@H]1O[C@H](CO)[C@H](O)[C@@H](O)[C@H]1O. The van der Waals surface area contributed by atoms with Gasteiger partial charge in [0.25, 0.3) is 0 Å². The van der Waals surface area contributed by atoms with Gasteiger partial charge in [0.2, 0.25) is 0 Å². The Labute approximate surface area is 285 Å². The van der Waals surface area contributed by atoms with Crippen molar-refractivity contribution in [3.63, 3.8) is 0 Å². The van der Waals surface area contributed by atoms with Gasteiger partial charge in [-0.15, -0.1) is 0 Å². The second-order valence-electron chi connectivity index (χ2n) is 16.5. The number of rotatable bonds is 6. The van der Waals surface area contributed by atoms with Crippen LogP contribution in [0.4, 0.5) is 0 Å². The van der Waals surface area contributed by atoms with Gasteiger partial charge in [0.05, 0.1) is 30.5 Å². The van der Waals surface area contributed by atoms with Crippen LogP contribution in [0.3, 0.4) is 0 Å². The maximum absolute atomic E-state index is 12.5. The molecule has 7 aliphatic rings. The van der Waals surface area contributed by atoms with Crippen LogP contribution in [0.5, 0.6) is 0 Å². The average Bonchev–Trinajstić information content (AvgIpc) is 3.60. The zero-order valence-electron chi connectivity index (χ0n) is 28.4.